The van der Waals surface area contributed by atoms with Gasteiger partial charge in [-0.25, -0.2) is 4.79 Å². The van der Waals surface area contributed by atoms with Gasteiger partial charge in [0.15, 0.2) is 0 Å². The summed E-state index contributed by atoms with van der Waals surface area (Å²) in [6.07, 6.45) is 1.91. The zero-order valence-electron chi connectivity index (χ0n) is 19.1. The van der Waals surface area contributed by atoms with E-state index >= 15 is 0 Å². The number of imide groups is 1. The van der Waals surface area contributed by atoms with Gasteiger partial charge >= 0.3 is 6.03 Å². The van der Waals surface area contributed by atoms with Crippen LogP contribution in [0.3, 0.4) is 0 Å². The van der Waals surface area contributed by atoms with Gasteiger partial charge < -0.3 is 19.9 Å². The highest BCUT2D eigenvalue weighted by atomic mass is 16.5. The van der Waals surface area contributed by atoms with Gasteiger partial charge in [-0.15, -0.1) is 0 Å². The number of carbonyl (C=O) groups excluding carboxylic acids is 4. The number of hydrogen-bond acceptors (Lipinski definition) is 5. The average molecular weight is 445 g/mol. The van der Waals surface area contributed by atoms with Crippen molar-refractivity contribution in [2.75, 3.05) is 46.4 Å². The number of amides is 5. The van der Waals surface area contributed by atoms with Crippen molar-refractivity contribution in [1.82, 2.24) is 20.0 Å². The minimum Gasteiger partial charge on any atom is -0.385 e. The lowest BCUT2D eigenvalue weighted by Crippen LogP contribution is -2.50. The highest BCUT2D eigenvalue weighted by Gasteiger charge is 2.35. The molecule has 9 heteroatoms. The van der Waals surface area contributed by atoms with Gasteiger partial charge in [-0.1, -0.05) is 0 Å². The quantitative estimate of drug-likeness (QED) is 0.488. The zero-order valence-corrected chi connectivity index (χ0v) is 19.1. The van der Waals surface area contributed by atoms with E-state index in [1.54, 1.807) is 24.1 Å². The third-order valence-corrected chi connectivity index (χ3v) is 6.10. The molecule has 0 aromatic heterocycles. The largest absolute Gasteiger partial charge is 0.385 e. The maximum Gasteiger partial charge on any atom is 0.319 e. The van der Waals surface area contributed by atoms with E-state index in [1.165, 1.54) is 11.0 Å². The van der Waals surface area contributed by atoms with Crippen molar-refractivity contribution in [3.05, 3.63) is 34.9 Å². The number of ether oxygens (including phenoxy) is 1. The summed E-state index contributed by atoms with van der Waals surface area (Å²) >= 11 is 0. The predicted octanol–water partition coefficient (Wildman–Crippen LogP) is 1.98. The Morgan fingerprint density at radius 1 is 1.09 bits per heavy atom. The molecule has 9 nitrogen and oxygen atoms in total. The van der Waals surface area contributed by atoms with Gasteiger partial charge in [0.2, 0.25) is 0 Å². The summed E-state index contributed by atoms with van der Waals surface area (Å²) in [6.45, 7) is 7.20. The zero-order chi connectivity index (χ0) is 23.3. The van der Waals surface area contributed by atoms with Crippen LogP contribution in [0.1, 0.15) is 64.2 Å². The fourth-order valence-electron chi connectivity index (χ4n) is 4.18. The van der Waals surface area contributed by atoms with E-state index in [9.17, 15) is 19.2 Å². The maximum atomic E-state index is 12.8. The molecule has 0 bridgehead atoms. The number of benzene rings is 1. The first-order valence-electron chi connectivity index (χ1n) is 11.2. The van der Waals surface area contributed by atoms with Gasteiger partial charge in [-0.05, 0) is 51.3 Å². The third kappa shape index (κ3) is 4.93. The van der Waals surface area contributed by atoms with Crippen molar-refractivity contribution in [2.24, 2.45) is 0 Å². The van der Waals surface area contributed by atoms with Crippen LogP contribution in [-0.4, -0.2) is 90.9 Å². The molecule has 5 amide bonds. The standard InChI is InChI=1S/C23H32N4O5/c1-4-25(5-2)23(31)26-12-9-17(10-13-26)24-20(28)16-7-8-18-19(15-16)22(30)27(21(18)29)11-6-14-32-3/h7-8,15,17H,4-6,9-14H2,1-3H3,(H,24,28). The number of hydrogen-bond donors (Lipinski definition) is 1. The molecule has 1 aromatic rings. The van der Waals surface area contributed by atoms with Crippen molar-refractivity contribution in [2.45, 2.75) is 39.2 Å². The highest BCUT2D eigenvalue weighted by Crippen LogP contribution is 2.24. The van der Waals surface area contributed by atoms with Crippen molar-refractivity contribution in [3.63, 3.8) is 0 Å². The Kier molecular flexibility index (Phi) is 7.84. The van der Waals surface area contributed by atoms with Crippen molar-refractivity contribution < 1.29 is 23.9 Å². The van der Waals surface area contributed by atoms with E-state index in [-0.39, 0.29) is 41.9 Å². The second kappa shape index (κ2) is 10.6. The topological polar surface area (TPSA) is 99.3 Å². The maximum absolute atomic E-state index is 12.8. The first kappa shape index (κ1) is 23.7. The number of piperidine rings is 1. The molecule has 174 valence electrons. The summed E-state index contributed by atoms with van der Waals surface area (Å²) in [6, 6.07) is 4.62. The Bertz CT molecular complexity index is 875. The Morgan fingerprint density at radius 3 is 2.38 bits per heavy atom. The van der Waals surface area contributed by atoms with Gasteiger partial charge in [0.05, 0.1) is 11.1 Å². The van der Waals surface area contributed by atoms with Crippen LogP contribution >= 0.6 is 0 Å². The fraction of sp³-hybridized carbons (Fsp3) is 0.565. The first-order valence-corrected chi connectivity index (χ1v) is 11.2. The predicted molar refractivity (Wildman–Crippen MR) is 119 cm³/mol. The number of nitrogens with one attached hydrogen (secondary N) is 1. The number of methoxy groups -OCH3 is 1. The number of likely N-dealkylation sites (tertiary alicyclic amines) is 1. The van der Waals surface area contributed by atoms with Gasteiger partial charge in [0.25, 0.3) is 17.7 Å². The molecule has 32 heavy (non-hydrogen) atoms. The number of carbonyl (C=O) groups is 4. The lowest BCUT2D eigenvalue weighted by Gasteiger charge is -2.35. The van der Waals surface area contributed by atoms with Gasteiger partial charge in [-0.3, -0.25) is 19.3 Å². The molecular weight excluding hydrogens is 412 g/mol. The van der Waals surface area contributed by atoms with E-state index < -0.39 is 0 Å². The lowest BCUT2D eigenvalue weighted by molar-refractivity contribution is 0.0638. The third-order valence-electron chi connectivity index (χ3n) is 6.10. The lowest BCUT2D eigenvalue weighted by atomic mass is 10.0. The molecule has 0 unspecified atom stereocenters. The second-order valence-corrected chi connectivity index (χ2v) is 8.06. The number of rotatable bonds is 8. The van der Waals surface area contributed by atoms with Crippen LogP contribution in [-0.2, 0) is 4.74 Å². The molecule has 0 aliphatic carbocycles. The molecule has 0 atom stereocenters. The first-order chi connectivity index (χ1) is 15.4. The minimum atomic E-state index is -0.376. The van der Waals surface area contributed by atoms with E-state index in [0.717, 1.165) is 0 Å². The number of fused-ring (bicyclic) bond motifs is 1. The van der Waals surface area contributed by atoms with Crippen LogP contribution in [0.2, 0.25) is 0 Å². The fourth-order valence-corrected chi connectivity index (χ4v) is 4.18. The summed E-state index contributed by atoms with van der Waals surface area (Å²) in [7, 11) is 1.57. The molecule has 2 aliphatic rings. The van der Waals surface area contributed by atoms with E-state index in [0.29, 0.717) is 63.2 Å². The highest BCUT2D eigenvalue weighted by molar-refractivity contribution is 6.22. The second-order valence-electron chi connectivity index (χ2n) is 8.06. The van der Waals surface area contributed by atoms with Crippen LogP contribution in [0, 0.1) is 0 Å². The Hall–Kier alpha value is -2.94. The van der Waals surface area contributed by atoms with Gasteiger partial charge in [0, 0.05) is 58.0 Å². The normalized spacial score (nSPS) is 16.3. The summed E-state index contributed by atoms with van der Waals surface area (Å²) in [5, 5.41) is 3.01. The number of urea groups is 1. The van der Waals surface area contributed by atoms with E-state index in [1.807, 2.05) is 18.7 Å². The summed E-state index contributed by atoms with van der Waals surface area (Å²) in [5.41, 5.74) is 0.942. The van der Waals surface area contributed by atoms with Crippen molar-refractivity contribution in [1.29, 1.82) is 0 Å². The summed E-state index contributed by atoms with van der Waals surface area (Å²) in [4.78, 5) is 55.3. The van der Waals surface area contributed by atoms with Crippen LogP contribution in [0.4, 0.5) is 4.79 Å². The molecule has 1 saturated heterocycles. The summed E-state index contributed by atoms with van der Waals surface area (Å²) in [5.74, 6) is -0.989. The molecule has 1 aromatic carbocycles. The van der Waals surface area contributed by atoms with Crippen LogP contribution in [0.25, 0.3) is 0 Å². The van der Waals surface area contributed by atoms with E-state index in [4.69, 9.17) is 4.74 Å². The Morgan fingerprint density at radius 2 is 1.75 bits per heavy atom. The molecule has 0 saturated carbocycles. The molecule has 2 heterocycles. The smallest absolute Gasteiger partial charge is 0.319 e. The molecule has 2 aliphatic heterocycles. The van der Waals surface area contributed by atoms with Crippen LogP contribution in [0.15, 0.2) is 18.2 Å². The van der Waals surface area contributed by atoms with Gasteiger partial charge in [0.1, 0.15) is 0 Å². The van der Waals surface area contributed by atoms with Crippen LogP contribution in [0.5, 0.6) is 0 Å². The van der Waals surface area contributed by atoms with Crippen LogP contribution < -0.4 is 5.32 Å². The SMILES string of the molecule is CCN(CC)C(=O)N1CCC(NC(=O)c2ccc3c(c2)C(=O)N(CCCOC)C3=O)CC1. The van der Waals surface area contributed by atoms with Crippen molar-refractivity contribution in [3.8, 4) is 0 Å². The Balaban J connectivity index is 1.58. The molecule has 0 spiro atoms. The number of nitrogens with zero attached hydrogens (tertiary/aromatic N) is 3. The summed E-state index contributed by atoms with van der Waals surface area (Å²) < 4.78 is 4.99. The monoisotopic (exact) mass is 444 g/mol. The Labute approximate surface area is 188 Å². The molecular formula is C23H32N4O5. The molecule has 1 fully saturated rings. The van der Waals surface area contributed by atoms with Gasteiger partial charge in [-0.2, -0.15) is 0 Å². The average Bonchev–Trinajstić information content (AvgIpc) is 3.04. The molecule has 3 rings (SSSR count). The molecule has 1 N–H and O–H groups in total. The minimum absolute atomic E-state index is 0.0385. The van der Waals surface area contributed by atoms with Crippen molar-refractivity contribution >= 4 is 23.8 Å². The molecule has 0 radical (unpaired) electrons. The van der Waals surface area contributed by atoms with E-state index in [2.05, 4.69) is 5.32 Å².